The number of rotatable bonds is 4. The summed E-state index contributed by atoms with van der Waals surface area (Å²) < 4.78 is 5.85. The first-order valence-electron chi connectivity index (χ1n) is 7.22. The molecular formula is C15H19N5O. The molecule has 0 N–H and O–H groups in total. The summed E-state index contributed by atoms with van der Waals surface area (Å²) in [5.74, 6) is 1.79. The lowest BCUT2D eigenvalue weighted by atomic mass is 10.1. The molecule has 2 aromatic heterocycles. The van der Waals surface area contributed by atoms with E-state index < -0.39 is 0 Å². The average Bonchev–Trinajstić information content (AvgIpc) is 2.54. The monoisotopic (exact) mass is 285 g/mol. The van der Waals surface area contributed by atoms with Gasteiger partial charge in [-0.3, -0.25) is 0 Å². The van der Waals surface area contributed by atoms with E-state index in [4.69, 9.17) is 4.74 Å². The number of anilines is 1. The molecule has 0 spiro atoms. The van der Waals surface area contributed by atoms with Crippen LogP contribution in [0.3, 0.4) is 0 Å². The Bertz CT molecular complexity index is 577. The van der Waals surface area contributed by atoms with Crippen LogP contribution in [0, 0.1) is 6.92 Å². The summed E-state index contributed by atoms with van der Waals surface area (Å²) in [4.78, 5) is 19.1. The van der Waals surface area contributed by atoms with Crippen LogP contribution in [0.15, 0.2) is 30.9 Å². The van der Waals surface area contributed by atoms with E-state index >= 15 is 0 Å². The number of aromatic nitrogens is 4. The maximum absolute atomic E-state index is 5.85. The molecule has 21 heavy (non-hydrogen) atoms. The third-order valence-corrected chi connectivity index (χ3v) is 3.59. The highest BCUT2D eigenvalue weighted by Gasteiger charge is 2.21. The SMILES string of the molecule is Cc1nccc(N2CCOC(CCc3ccncn3)C2)n1. The second kappa shape index (κ2) is 6.58. The molecule has 0 radical (unpaired) electrons. The molecule has 0 bridgehead atoms. The fraction of sp³-hybridized carbons (Fsp3) is 0.467. The maximum atomic E-state index is 5.85. The molecule has 2 aromatic rings. The Morgan fingerprint density at radius 3 is 3.05 bits per heavy atom. The highest BCUT2D eigenvalue weighted by atomic mass is 16.5. The van der Waals surface area contributed by atoms with Gasteiger partial charge < -0.3 is 9.64 Å². The van der Waals surface area contributed by atoms with Crippen LogP contribution >= 0.6 is 0 Å². The van der Waals surface area contributed by atoms with Crippen molar-refractivity contribution in [1.82, 2.24) is 19.9 Å². The van der Waals surface area contributed by atoms with Gasteiger partial charge in [0.05, 0.1) is 12.7 Å². The van der Waals surface area contributed by atoms with Gasteiger partial charge in [0.1, 0.15) is 18.0 Å². The molecule has 1 aliphatic heterocycles. The van der Waals surface area contributed by atoms with Crippen LogP contribution in [-0.2, 0) is 11.2 Å². The normalized spacial score (nSPS) is 18.7. The standard InChI is InChI=1S/C15H19N5O/c1-12-17-7-5-15(19-12)20-8-9-21-14(10-20)3-2-13-4-6-16-11-18-13/h4-7,11,14H,2-3,8-10H2,1H3. The topological polar surface area (TPSA) is 64.0 Å². The molecule has 1 atom stereocenters. The molecule has 1 saturated heterocycles. The van der Waals surface area contributed by atoms with E-state index in [1.54, 1.807) is 12.5 Å². The molecule has 1 aliphatic rings. The molecule has 0 aliphatic carbocycles. The van der Waals surface area contributed by atoms with E-state index in [1.807, 2.05) is 25.3 Å². The fourth-order valence-corrected chi connectivity index (χ4v) is 2.50. The Kier molecular flexibility index (Phi) is 4.35. The molecule has 0 saturated carbocycles. The molecule has 3 heterocycles. The minimum Gasteiger partial charge on any atom is -0.375 e. The van der Waals surface area contributed by atoms with Gasteiger partial charge in [0.25, 0.3) is 0 Å². The molecule has 6 heteroatoms. The van der Waals surface area contributed by atoms with Gasteiger partial charge in [-0.25, -0.2) is 19.9 Å². The fourth-order valence-electron chi connectivity index (χ4n) is 2.50. The summed E-state index contributed by atoms with van der Waals surface area (Å²) in [6.45, 7) is 4.38. The number of hydrogen-bond acceptors (Lipinski definition) is 6. The molecule has 1 fully saturated rings. The molecule has 6 nitrogen and oxygen atoms in total. The minimum absolute atomic E-state index is 0.212. The molecule has 0 aromatic carbocycles. The Balaban J connectivity index is 1.58. The van der Waals surface area contributed by atoms with Crippen molar-refractivity contribution < 1.29 is 4.74 Å². The summed E-state index contributed by atoms with van der Waals surface area (Å²) >= 11 is 0. The average molecular weight is 285 g/mol. The van der Waals surface area contributed by atoms with E-state index in [1.165, 1.54) is 0 Å². The Labute approximate surface area is 124 Å². The van der Waals surface area contributed by atoms with E-state index in [0.717, 1.165) is 49.9 Å². The van der Waals surface area contributed by atoms with Crippen molar-refractivity contribution in [3.63, 3.8) is 0 Å². The first-order valence-corrected chi connectivity index (χ1v) is 7.22. The van der Waals surface area contributed by atoms with Gasteiger partial charge in [-0.15, -0.1) is 0 Å². The molecule has 110 valence electrons. The second-order valence-corrected chi connectivity index (χ2v) is 5.14. The van der Waals surface area contributed by atoms with Crippen molar-refractivity contribution in [3.05, 3.63) is 42.4 Å². The quantitative estimate of drug-likeness (QED) is 0.846. The van der Waals surface area contributed by atoms with Gasteiger partial charge in [0, 0.05) is 31.2 Å². The summed E-state index contributed by atoms with van der Waals surface area (Å²) in [6.07, 6.45) is 7.25. The lowest BCUT2D eigenvalue weighted by Gasteiger charge is -2.33. The van der Waals surface area contributed by atoms with Crippen molar-refractivity contribution in [2.24, 2.45) is 0 Å². The Hall–Kier alpha value is -2.08. The van der Waals surface area contributed by atoms with Crippen molar-refractivity contribution in [2.75, 3.05) is 24.6 Å². The first kappa shape index (κ1) is 13.9. The second-order valence-electron chi connectivity index (χ2n) is 5.14. The predicted molar refractivity (Wildman–Crippen MR) is 79.1 cm³/mol. The van der Waals surface area contributed by atoms with Crippen molar-refractivity contribution in [2.45, 2.75) is 25.9 Å². The molecule has 0 amide bonds. The zero-order valence-corrected chi connectivity index (χ0v) is 12.1. The zero-order valence-electron chi connectivity index (χ0n) is 12.1. The van der Waals surface area contributed by atoms with Gasteiger partial charge in [0.2, 0.25) is 0 Å². The van der Waals surface area contributed by atoms with Crippen LogP contribution in [0.25, 0.3) is 0 Å². The van der Waals surface area contributed by atoms with Crippen molar-refractivity contribution in [1.29, 1.82) is 0 Å². The maximum Gasteiger partial charge on any atom is 0.132 e. The zero-order chi connectivity index (χ0) is 14.5. The van der Waals surface area contributed by atoms with Crippen LogP contribution in [0.4, 0.5) is 5.82 Å². The van der Waals surface area contributed by atoms with E-state index in [9.17, 15) is 0 Å². The smallest absolute Gasteiger partial charge is 0.132 e. The number of aryl methyl sites for hydroxylation is 2. The Morgan fingerprint density at radius 1 is 1.29 bits per heavy atom. The molecule has 3 rings (SSSR count). The summed E-state index contributed by atoms with van der Waals surface area (Å²) in [5, 5.41) is 0. The first-order chi connectivity index (χ1) is 10.3. The lowest BCUT2D eigenvalue weighted by molar-refractivity contribution is 0.0350. The van der Waals surface area contributed by atoms with Gasteiger partial charge in [0.15, 0.2) is 0 Å². The van der Waals surface area contributed by atoms with Gasteiger partial charge in [-0.1, -0.05) is 0 Å². The lowest BCUT2D eigenvalue weighted by Crippen LogP contribution is -2.43. The highest BCUT2D eigenvalue weighted by Crippen LogP contribution is 2.17. The van der Waals surface area contributed by atoms with Gasteiger partial charge in [-0.05, 0) is 31.9 Å². The molecular weight excluding hydrogens is 266 g/mol. The van der Waals surface area contributed by atoms with Crippen LogP contribution in [-0.4, -0.2) is 45.7 Å². The summed E-state index contributed by atoms with van der Waals surface area (Å²) in [6, 6.07) is 3.91. The third kappa shape index (κ3) is 3.72. The largest absolute Gasteiger partial charge is 0.375 e. The van der Waals surface area contributed by atoms with Crippen LogP contribution < -0.4 is 4.90 Å². The van der Waals surface area contributed by atoms with Gasteiger partial charge in [-0.2, -0.15) is 0 Å². The number of nitrogens with zero attached hydrogens (tertiary/aromatic N) is 5. The van der Waals surface area contributed by atoms with Crippen LogP contribution in [0.5, 0.6) is 0 Å². The number of morpholine rings is 1. The summed E-state index contributed by atoms with van der Waals surface area (Å²) in [7, 11) is 0. The predicted octanol–water partition coefficient (Wildman–Crippen LogP) is 1.41. The van der Waals surface area contributed by atoms with Crippen molar-refractivity contribution >= 4 is 5.82 Å². The number of ether oxygens (including phenoxy) is 1. The minimum atomic E-state index is 0.212. The molecule has 1 unspecified atom stereocenters. The Morgan fingerprint density at radius 2 is 2.24 bits per heavy atom. The number of hydrogen-bond donors (Lipinski definition) is 0. The highest BCUT2D eigenvalue weighted by molar-refractivity contribution is 5.38. The third-order valence-electron chi connectivity index (χ3n) is 3.59. The van der Waals surface area contributed by atoms with E-state index in [-0.39, 0.29) is 6.10 Å². The van der Waals surface area contributed by atoms with Gasteiger partial charge >= 0.3 is 0 Å². The van der Waals surface area contributed by atoms with Crippen molar-refractivity contribution in [3.8, 4) is 0 Å². The summed E-state index contributed by atoms with van der Waals surface area (Å²) in [5.41, 5.74) is 1.06. The van der Waals surface area contributed by atoms with Crippen LogP contribution in [0.2, 0.25) is 0 Å². The van der Waals surface area contributed by atoms with E-state index in [2.05, 4.69) is 24.8 Å². The van der Waals surface area contributed by atoms with E-state index in [0.29, 0.717) is 0 Å². The van der Waals surface area contributed by atoms with Crippen LogP contribution in [0.1, 0.15) is 17.9 Å².